The number of anilines is 1. The smallest absolute Gasteiger partial charge is 0.292 e. The monoisotopic (exact) mass is 382 g/mol. The molecule has 2 aromatic carbocycles. The van der Waals surface area contributed by atoms with E-state index in [1.54, 1.807) is 19.1 Å². The highest BCUT2D eigenvalue weighted by atomic mass is 32.2. The Hall–Kier alpha value is -3.40. The van der Waals surface area contributed by atoms with Crippen molar-refractivity contribution in [3.8, 4) is 0 Å². The summed E-state index contributed by atoms with van der Waals surface area (Å²) in [6.45, 7) is 1.72. The number of imidazole rings is 1. The number of thioether (sulfide) groups is 1. The van der Waals surface area contributed by atoms with Crippen molar-refractivity contribution in [1.29, 1.82) is 0 Å². The van der Waals surface area contributed by atoms with Crippen LogP contribution in [0, 0.1) is 10.1 Å². The van der Waals surface area contributed by atoms with Crippen molar-refractivity contribution in [2.24, 2.45) is 0 Å². The fourth-order valence-corrected chi connectivity index (χ4v) is 3.58. The number of para-hydroxylation sites is 4. The van der Waals surface area contributed by atoms with Gasteiger partial charge < -0.3 is 5.32 Å². The molecule has 0 saturated heterocycles. The zero-order valence-electron chi connectivity index (χ0n) is 14.1. The molecule has 2 N–H and O–H groups in total. The summed E-state index contributed by atoms with van der Waals surface area (Å²) in [6.07, 6.45) is 0. The van der Waals surface area contributed by atoms with Crippen molar-refractivity contribution in [3.05, 3.63) is 58.6 Å². The minimum Gasteiger partial charge on any atom is -0.319 e. The molecule has 0 spiro atoms. The number of nitro benzene ring substituents is 1. The maximum Gasteiger partial charge on any atom is 0.292 e. The van der Waals surface area contributed by atoms with Crippen molar-refractivity contribution in [3.63, 3.8) is 0 Å². The van der Waals surface area contributed by atoms with Crippen molar-refractivity contribution >= 4 is 45.9 Å². The minimum atomic E-state index is -0.530. The highest BCUT2D eigenvalue weighted by molar-refractivity contribution is 8.00. The van der Waals surface area contributed by atoms with Gasteiger partial charge in [0.05, 0.1) is 21.2 Å². The number of hydrogen-bond donors (Lipinski definition) is 2. The second-order valence-corrected chi connectivity index (χ2v) is 7.10. The largest absolute Gasteiger partial charge is 0.319 e. The number of carbonyl (C=O) groups excluding carboxylic acids is 1. The molecule has 1 atom stereocenters. The van der Waals surface area contributed by atoms with E-state index in [1.807, 2.05) is 28.7 Å². The number of nitro groups is 1. The summed E-state index contributed by atoms with van der Waals surface area (Å²) in [5, 5.41) is 20.9. The van der Waals surface area contributed by atoms with E-state index in [0.29, 0.717) is 10.9 Å². The molecule has 27 heavy (non-hydrogen) atoms. The van der Waals surface area contributed by atoms with Crippen LogP contribution in [0.25, 0.3) is 16.8 Å². The number of amides is 1. The summed E-state index contributed by atoms with van der Waals surface area (Å²) in [4.78, 5) is 27.5. The average molecular weight is 382 g/mol. The van der Waals surface area contributed by atoms with Gasteiger partial charge in [0.1, 0.15) is 5.69 Å². The van der Waals surface area contributed by atoms with Gasteiger partial charge in [0.25, 0.3) is 5.69 Å². The summed E-state index contributed by atoms with van der Waals surface area (Å²) < 4.78 is 1.84. The van der Waals surface area contributed by atoms with E-state index >= 15 is 0 Å². The number of aromatic amines is 1. The first-order valence-electron chi connectivity index (χ1n) is 8.07. The molecule has 0 radical (unpaired) electrons. The average Bonchev–Trinajstić information content (AvgIpc) is 3.21. The predicted octanol–water partition coefficient (Wildman–Crippen LogP) is 3.24. The lowest BCUT2D eigenvalue weighted by molar-refractivity contribution is -0.383. The Morgan fingerprint density at radius 3 is 2.81 bits per heavy atom. The number of H-pyrrole nitrogens is 1. The van der Waals surface area contributed by atoms with E-state index in [0.717, 1.165) is 11.0 Å². The van der Waals surface area contributed by atoms with Gasteiger partial charge in [0.2, 0.25) is 11.7 Å². The molecule has 0 aliphatic carbocycles. The van der Waals surface area contributed by atoms with E-state index in [2.05, 4.69) is 20.5 Å². The second kappa shape index (κ2) is 6.72. The van der Waals surface area contributed by atoms with E-state index < -0.39 is 10.2 Å². The summed E-state index contributed by atoms with van der Waals surface area (Å²) in [6, 6.07) is 13.7. The molecule has 1 unspecified atom stereocenters. The number of nitrogens with one attached hydrogen (secondary N) is 2. The number of nitrogens with zero attached hydrogens (tertiary/aromatic N) is 4. The van der Waals surface area contributed by atoms with Crippen LogP contribution in [0.5, 0.6) is 0 Å². The van der Waals surface area contributed by atoms with Crippen molar-refractivity contribution in [1.82, 2.24) is 19.6 Å². The molecule has 1 amide bonds. The van der Waals surface area contributed by atoms with Crippen LogP contribution < -0.4 is 5.32 Å². The minimum absolute atomic E-state index is 0.147. The normalized spacial score (nSPS) is 12.3. The molecular formula is C17H14N6O3S. The predicted molar refractivity (Wildman–Crippen MR) is 102 cm³/mol. The molecule has 0 aliphatic rings. The topological polar surface area (TPSA) is 118 Å². The van der Waals surface area contributed by atoms with Crippen LogP contribution in [-0.4, -0.2) is 35.7 Å². The molecule has 136 valence electrons. The van der Waals surface area contributed by atoms with Crippen LogP contribution in [0.3, 0.4) is 0 Å². The zero-order valence-corrected chi connectivity index (χ0v) is 14.9. The van der Waals surface area contributed by atoms with E-state index in [-0.39, 0.29) is 17.3 Å². The van der Waals surface area contributed by atoms with Crippen molar-refractivity contribution in [2.75, 3.05) is 5.32 Å². The number of rotatable bonds is 5. The van der Waals surface area contributed by atoms with Crippen molar-refractivity contribution in [2.45, 2.75) is 17.3 Å². The molecule has 10 heteroatoms. The van der Waals surface area contributed by atoms with Crippen molar-refractivity contribution < 1.29 is 9.72 Å². The third kappa shape index (κ3) is 3.10. The summed E-state index contributed by atoms with van der Waals surface area (Å²) in [7, 11) is 0. The Kier molecular flexibility index (Phi) is 4.24. The van der Waals surface area contributed by atoms with Crippen LogP contribution in [0.1, 0.15) is 6.92 Å². The Labute approximate surface area is 156 Å². The molecule has 4 rings (SSSR count). The summed E-state index contributed by atoms with van der Waals surface area (Å²) in [5.41, 5.74) is 1.73. The van der Waals surface area contributed by atoms with Gasteiger partial charge in [-0.2, -0.15) is 0 Å². The zero-order chi connectivity index (χ0) is 19.0. The van der Waals surface area contributed by atoms with Gasteiger partial charge in [0.15, 0.2) is 5.16 Å². The molecule has 0 saturated carbocycles. The van der Waals surface area contributed by atoms with E-state index in [9.17, 15) is 14.9 Å². The lowest BCUT2D eigenvalue weighted by atomic mass is 10.2. The molecule has 4 aromatic rings. The first kappa shape index (κ1) is 17.0. The maximum absolute atomic E-state index is 12.5. The molecule has 0 bridgehead atoms. The van der Waals surface area contributed by atoms with Gasteiger partial charge >= 0.3 is 0 Å². The second-order valence-electron chi connectivity index (χ2n) is 5.79. The molecule has 0 aliphatic heterocycles. The molecule has 2 heterocycles. The number of aromatic nitrogens is 4. The number of benzene rings is 2. The van der Waals surface area contributed by atoms with Gasteiger partial charge in [0, 0.05) is 6.07 Å². The lowest BCUT2D eigenvalue weighted by Gasteiger charge is -2.11. The Bertz CT molecular complexity index is 1170. The third-order valence-electron chi connectivity index (χ3n) is 4.01. The first-order valence-corrected chi connectivity index (χ1v) is 8.95. The summed E-state index contributed by atoms with van der Waals surface area (Å²) >= 11 is 1.24. The van der Waals surface area contributed by atoms with Crippen LogP contribution in [0.4, 0.5) is 11.4 Å². The quantitative estimate of drug-likeness (QED) is 0.311. The first-order chi connectivity index (χ1) is 13.0. The third-order valence-corrected chi connectivity index (χ3v) is 5.07. The van der Waals surface area contributed by atoms with E-state index in [1.165, 1.54) is 23.9 Å². The van der Waals surface area contributed by atoms with Gasteiger partial charge in [-0.05, 0) is 25.1 Å². The Morgan fingerprint density at radius 2 is 2.00 bits per heavy atom. The molecule has 0 fully saturated rings. The van der Waals surface area contributed by atoms with Crippen LogP contribution in [-0.2, 0) is 4.79 Å². The Morgan fingerprint density at radius 1 is 1.26 bits per heavy atom. The van der Waals surface area contributed by atoms with Crippen LogP contribution in [0.15, 0.2) is 53.7 Å². The SMILES string of the molecule is CC(Sc1n[nH]c2nc3ccccc3n12)C(=O)Nc1ccccc1[N+](=O)[O-]. The number of hydrogen-bond acceptors (Lipinski definition) is 6. The highest BCUT2D eigenvalue weighted by Gasteiger charge is 2.22. The maximum atomic E-state index is 12.5. The number of fused-ring (bicyclic) bond motifs is 3. The fourth-order valence-electron chi connectivity index (χ4n) is 2.71. The highest BCUT2D eigenvalue weighted by Crippen LogP contribution is 2.28. The Balaban J connectivity index is 1.57. The van der Waals surface area contributed by atoms with Gasteiger partial charge in [-0.15, -0.1) is 5.10 Å². The van der Waals surface area contributed by atoms with Gasteiger partial charge in [-0.1, -0.05) is 36.0 Å². The fraction of sp³-hybridized carbons (Fsp3) is 0.118. The lowest BCUT2D eigenvalue weighted by Crippen LogP contribution is -2.23. The van der Waals surface area contributed by atoms with Crippen LogP contribution in [0.2, 0.25) is 0 Å². The van der Waals surface area contributed by atoms with Gasteiger partial charge in [-0.25, -0.2) is 10.1 Å². The molecule has 9 nitrogen and oxygen atoms in total. The van der Waals surface area contributed by atoms with Crippen LogP contribution >= 0.6 is 11.8 Å². The van der Waals surface area contributed by atoms with E-state index in [4.69, 9.17) is 0 Å². The van der Waals surface area contributed by atoms with Gasteiger partial charge in [-0.3, -0.25) is 19.3 Å². The molecule has 2 aromatic heterocycles. The summed E-state index contributed by atoms with van der Waals surface area (Å²) in [5.74, 6) is 0.236. The number of carbonyl (C=O) groups is 1. The standard InChI is InChI=1S/C17H14N6O3S/c1-10(15(24)18-12-7-3-5-9-14(12)23(25)26)27-17-21-20-16-19-11-6-2-4-8-13(11)22(16)17/h2-10H,1H3,(H,18,24)(H,19,20). The molecular weight excluding hydrogens is 368 g/mol.